The maximum Gasteiger partial charge on any atom is 0.275 e. The van der Waals surface area contributed by atoms with Crippen molar-refractivity contribution in [3.63, 3.8) is 0 Å². The maximum atomic E-state index is 13.7. The minimum absolute atomic E-state index is 0.109. The van der Waals surface area contributed by atoms with E-state index in [4.69, 9.17) is 9.47 Å². The molecule has 3 aromatic rings. The topological polar surface area (TPSA) is 72.8 Å². The molecule has 32 heavy (non-hydrogen) atoms. The molecule has 1 saturated carbocycles. The first-order valence-electron chi connectivity index (χ1n) is 11.0. The number of rotatable bonds is 5. The number of carbonyl (C=O) groups excluding carboxylic acids is 2. The first-order valence-corrected chi connectivity index (χ1v) is 11.9. The molecule has 5 rings (SSSR count). The number of anilines is 1. The average molecular weight is 454 g/mol. The summed E-state index contributed by atoms with van der Waals surface area (Å²) in [5, 5.41) is 5.24. The standard InChI is InChI=1S/C24H27N3O4S/c1-30-20-9-8-16(12-21(20)31-2)27-19(23(28)25-15-6-4-3-5-7-15)14-26-17-10-11-32-22(17)13-18(26)24(27)29/h8-13,15,19H,3-7,14H2,1-2H3,(H,25,28). The smallest absolute Gasteiger partial charge is 0.275 e. The molecule has 1 aliphatic carbocycles. The van der Waals surface area contributed by atoms with Gasteiger partial charge in [-0.2, -0.15) is 0 Å². The molecule has 168 valence electrons. The maximum absolute atomic E-state index is 13.7. The number of nitrogens with one attached hydrogen (secondary N) is 1. The van der Waals surface area contributed by atoms with Crippen LogP contribution in [0.25, 0.3) is 10.2 Å². The van der Waals surface area contributed by atoms with Crippen LogP contribution in [0, 0.1) is 0 Å². The fourth-order valence-corrected chi connectivity index (χ4v) is 5.71. The minimum atomic E-state index is -0.648. The summed E-state index contributed by atoms with van der Waals surface area (Å²) in [5.74, 6) is 0.803. The van der Waals surface area contributed by atoms with Gasteiger partial charge in [-0.1, -0.05) is 19.3 Å². The van der Waals surface area contributed by atoms with Crippen molar-refractivity contribution in [2.45, 2.75) is 50.7 Å². The average Bonchev–Trinajstić information content (AvgIpc) is 3.41. The van der Waals surface area contributed by atoms with Crippen LogP contribution in [0.4, 0.5) is 5.69 Å². The Kier molecular flexibility index (Phi) is 5.55. The molecule has 1 atom stereocenters. The van der Waals surface area contributed by atoms with Crippen molar-refractivity contribution < 1.29 is 19.1 Å². The highest BCUT2D eigenvalue weighted by Gasteiger charge is 2.40. The number of aromatic nitrogens is 1. The van der Waals surface area contributed by atoms with Gasteiger partial charge in [0.25, 0.3) is 5.91 Å². The fourth-order valence-electron chi connectivity index (χ4n) is 4.89. The molecule has 3 heterocycles. The van der Waals surface area contributed by atoms with E-state index in [0.29, 0.717) is 29.4 Å². The second-order valence-electron chi connectivity index (χ2n) is 8.38. The van der Waals surface area contributed by atoms with Gasteiger partial charge in [0, 0.05) is 17.8 Å². The van der Waals surface area contributed by atoms with Gasteiger partial charge in [-0.05, 0) is 42.5 Å². The Labute approximate surface area is 190 Å². The largest absolute Gasteiger partial charge is 0.493 e. The highest BCUT2D eigenvalue weighted by atomic mass is 32.1. The Bertz CT molecular complexity index is 1160. The molecule has 8 heteroatoms. The third kappa shape index (κ3) is 3.52. The molecular weight excluding hydrogens is 426 g/mol. The molecule has 1 aromatic carbocycles. The van der Waals surface area contributed by atoms with Gasteiger partial charge in [-0.3, -0.25) is 14.5 Å². The van der Waals surface area contributed by atoms with Gasteiger partial charge >= 0.3 is 0 Å². The van der Waals surface area contributed by atoms with E-state index >= 15 is 0 Å². The summed E-state index contributed by atoms with van der Waals surface area (Å²) in [6.45, 7) is 0.411. The molecule has 0 spiro atoms. The molecule has 2 amide bonds. The number of benzene rings is 1. The number of nitrogens with zero attached hydrogens (tertiary/aromatic N) is 2. The van der Waals surface area contributed by atoms with E-state index in [1.54, 1.807) is 48.7 Å². The third-order valence-corrected chi connectivity index (χ3v) is 7.38. The number of fused-ring (bicyclic) bond motifs is 3. The Hall–Kier alpha value is -3.00. The van der Waals surface area contributed by atoms with E-state index in [2.05, 4.69) is 5.32 Å². The fraction of sp³-hybridized carbons (Fsp3) is 0.417. The zero-order valence-electron chi connectivity index (χ0n) is 18.3. The van der Waals surface area contributed by atoms with Gasteiger partial charge < -0.3 is 19.4 Å². The van der Waals surface area contributed by atoms with Crippen LogP contribution in [0.1, 0.15) is 42.6 Å². The lowest BCUT2D eigenvalue weighted by molar-refractivity contribution is -0.123. The number of methoxy groups -OCH3 is 2. The lowest BCUT2D eigenvalue weighted by Gasteiger charge is -2.37. The zero-order valence-corrected chi connectivity index (χ0v) is 19.1. The van der Waals surface area contributed by atoms with Crippen molar-refractivity contribution in [2.24, 2.45) is 0 Å². The zero-order chi connectivity index (χ0) is 22.2. The molecule has 1 fully saturated rings. The van der Waals surface area contributed by atoms with Gasteiger partial charge in [0.15, 0.2) is 11.5 Å². The normalized spacial score (nSPS) is 19.1. The molecule has 0 bridgehead atoms. The number of carbonyl (C=O) groups is 2. The minimum Gasteiger partial charge on any atom is -0.493 e. The van der Waals surface area contributed by atoms with Gasteiger partial charge in [-0.15, -0.1) is 11.3 Å². The predicted molar refractivity (Wildman–Crippen MR) is 125 cm³/mol. The molecule has 2 aliphatic rings. The van der Waals surface area contributed by atoms with Crippen molar-refractivity contribution in [3.05, 3.63) is 41.4 Å². The second-order valence-corrected chi connectivity index (χ2v) is 9.33. The van der Waals surface area contributed by atoms with Crippen LogP contribution in [-0.2, 0) is 11.3 Å². The van der Waals surface area contributed by atoms with Crippen molar-refractivity contribution >= 4 is 39.1 Å². The summed E-state index contributed by atoms with van der Waals surface area (Å²) in [5.41, 5.74) is 2.22. The molecule has 0 radical (unpaired) electrons. The van der Waals surface area contributed by atoms with Crippen LogP contribution >= 0.6 is 11.3 Å². The highest BCUT2D eigenvalue weighted by molar-refractivity contribution is 7.17. The van der Waals surface area contributed by atoms with Crippen molar-refractivity contribution in [3.8, 4) is 11.5 Å². The van der Waals surface area contributed by atoms with E-state index in [9.17, 15) is 9.59 Å². The first kappa shape index (κ1) is 20.9. The molecule has 0 saturated heterocycles. The lowest BCUT2D eigenvalue weighted by Crippen LogP contribution is -2.57. The highest BCUT2D eigenvalue weighted by Crippen LogP contribution is 2.36. The summed E-state index contributed by atoms with van der Waals surface area (Å²) < 4.78 is 13.8. The van der Waals surface area contributed by atoms with E-state index in [1.165, 1.54) is 6.42 Å². The molecule has 2 aromatic heterocycles. The lowest BCUT2D eigenvalue weighted by atomic mass is 9.95. The van der Waals surface area contributed by atoms with Crippen molar-refractivity contribution in [1.82, 2.24) is 9.88 Å². The predicted octanol–water partition coefficient (Wildman–Crippen LogP) is 4.20. The van der Waals surface area contributed by atoms with Crippen LogP contribution in [0.3, 0.4) is 0 Å². The Balaban J connectivity index is 1.55. The number of ether oxygens (including phenoxy) is 2. The van der Waals surface area contributed by atoms with Crippen molar-refractivity contribution in [2.75, 3.05) is 19.1 Å². The number of amides is 2. The van der Waals surface area contributed by atoms with Crippen LogP contribution in [-0.4, -0.2) is 42.7 Å². The van der Waals surface area contributed by atoms with E-state index in [0.717, 1.165) is 35.9 Å². The molecule has 7 nitrogen and oxygen atoms in total. The SMILES string of the molecule is COc1ccc(N2C(=O)c3cc4sccc4n3CC2C(=O)NC2CCCCC2)cc1OC. The number of hydrogen-bond donors (Lipinski definition) is 1. The number of thiophene rings is 1. The molecule has 1 N–H and O–H groups in total. The Morgan fingerprint density at radius 2 is 1.84 bits per heavy atom. The summed E-state index contributed by atoms with van der Waals surface area (Å²) in [7, 11) is 3.13. The third-order valence-electron chi connectivity index (χ3n) is 6.53. The van der Waals surface area contributed by atoms with E-state index in [-0.39, 0.29) is 17.9 Å². The van der Waals surface area contributed by atoms with Gasteiger partial charge in [-0.25, -0.2) is 0 Å². The Morgan fingerprint density at radius 1 is 1.06 bits per heavy atom. The monoisotopic (exact) mass is 453 g/mol. The van der Waals surface area contributed by atoms with Crippen LogP contribution < -0.4 is 19.7 Å². The second kappa shape index (κ2) is 8.50. The first-order chi connectivity index (χ1) is 15.6. The summed E-state index contributed by atoms with van der Waals surface area (Å²) in [6, 6.07) is 8.80. The van der Waals surface area contributed by atoms with Gasteiger partial charge in [0.05, 0.1) is 31.0 Å². The summed E-state index contributed by atoms with van der Waals surface area (Å²) in [6.07, 6.45) is 5.46. The van der Waals surface area contributed by atoms with E-state index in [1.807, 2.05) is 22.1 Å². The van der Waals surface area contributed by atoms with E-state index < -0.39 is 6.04 Å². The van der Waals surface area contributed by atoms with Gasteiger partial charge in [0.2, 0.25) is 5.91 Å². The van der Waals surface area contributed by atoms with Gasteiger partial charge in [0.1, 0.15) is 11.7 Å². The van der Waals surface area contributed by atoms with Crippen LogP contribution in [0.5, 0.6) is 11.5 Å². The quantitative estimate of drug-likeness (QED) is 0.629. The van der Waals surface area contributed by atoms with Crippen LogP contribution in [0.2, 0.25) is 0 Å². The molecule has 1 unspecified atom stereocenters. The molecule has 1 aliphatic heterocycles. The van der Waals surface area contributed by atoms with Crippen LogP contribution in [0.15, 0.2) is 35.7 Å². The Morgan fingerprint density at radius 3 is 2.59 bits per heavy atom. The molecular formula is C24H27N3O4S. The summed E-state index contributed by atoms with van der Waals surface area (Å²) >= 11 is 1.60. The van der Waals surface area contributed by atoms with Crippen molar-refractivity contribution in [1.29, 1.82) is 0 Å². The number of hydrogen-bond acceptors (Lipinski definition) is 5. The summed E-state index contributed by atoms with van der Waals surface area (Å²) in [4.78, 5) is 28.8.